The molecule has 0 bridgehead atoms. The van der Waals surface area contributed by atoms with Crippen molar-refractivity contribution in [3.63, 3.8) is 0 Å². The lowest BCUT2D eigenvalue weighted by molar-refractivity contribution is 0.281. The van der Waals surface area contributed by atoms with E-state index in [-0.39, 0.29) is 0 Å². The third kappa shape index (κ3) is 1.64. The summed E-state index contributed by atoms with van der Waals surface area (Å²) >= 11 is 5.87. The Balaban J connectivity index is 2.23. The van der Waals surface area contributed by atoms with Crippen LogP contribution in [-0.4, -0.2) is 30.4 Å². The van der Waals surface area contributed by atoms with Crippen LogP contribution in [0.4, 0.5) is 0 Å². The van der Waals surface area contributed by atoms with Crippen LogP contribution in [0, 0.1) is 0 Å². The van der Waals surface area contributed by atoms with Gasteiger partial charge in [0.25, 0.3) is 0 Å². The van der Waals surface area contributed by atoms with Gasteiger partial charge in [0.15, 0.2) is 0 Å². The van der Waals surface area contributed by atoms with E-state index < -0.39 is 0 Å². The zero-order valence-electron chi connectivity index (χ0n) is 5.23. The molecular formula is C6H12ClN. The summed E-state index contributed by atoms with van der Waals surface area (Å²) in [4.78, 5) is 2.28. The van der Waals surface area contributed by atoms with Gasteiger partial charge in [0, 0.05) is 11.9 Å². The van der Waals surface area contributed by atoms with Gasteiger partial charge >= 0.3 is 0 Å². The lowest BCUT2D eigenvalue weighted by Gasteiger charge is -2.25. The predicted molar refractivity (Wildman–Crippen MR) is 36.4 cm³/mol. The smallest absolute Gasteiger partial charge is 0.0463 e. The number of likely N-dealkylation sites (tertiary alicyclic amines) is 1. The van der Waals surface area contributed by atoms with Crippen LogP contribution in [0.1, 0.15) is 12.8 Å². The molecule has 0 saturated carbocycles. The molecule has 0 aromatic rings. The summed E-state index contributed by atoms with van der Waals surface area (Å²) in [6.07, 6.45) is 2.47. The van der Waals surface area contributed by atoms with Crippen molar-refractivity contribution in [3.05, 3.63) is 0 Å². The Bertz CT molecular complexity index is 66.9. The monoisotopic (exact) mass is 133 g/mol. The zero-order chi connectivity index (χ0) is 5.98. The molecule has 0 N–H and O–H groups in total. The van der Waals surface area contributed by atoms with Crippen LogP contribution in [0.3, 0.4) is 0 Å². The van der Waals surface area contributed by atoms with Crippen molar-refractivity contribution in [1.29, 1.82) is 0 Å². The molecule has 1 saturated heterocycles. The zero-order valence-corrected chi connectivity index (χ0v) is 5.99. The van der Waals surface area contributed by atoms with E-state index >= 15 is 0 Å². The molecule has 0 spiro atoms. The predicted octanol–water partition coefficient (Wildman–Crippen LogP) is 1.32. The minimum atomic E-state index is 0.411. The number of alkyl halides is 1. The first kappa shape index (κ1) is 6.37. The van der Waals surface area contributed by atoms with Gasteiger partial charge in [-0.05, 0) is 26.4 Å². The van der Waals surface area contributed by atoms with Crippen molar-refractivity contribution in [2.24, 2.45) is 0 Å². The number of hydrogen-bond donors (Lipinski definition) is 0. The third-order valence-corrected chi connectivity index (χ3v) is 1.92. The Morgan fingerprint density at radius 1 is 1.62 bits per heavy atom. The molecule has 0 radical (unpaired) electrons. The first-order valence-corrected chi connectivity index (χ1v) is 3.55. The highest BCUT2D eigenvalue weighted by Gasteiger charge is 2.13. The molecule has 1 atom stereocenters. The van der Waals surface area contributed by atoms with Gasteiger partial charge in [-0.3, -0.25) is 0 Å². The van der Waals surface area contributed by atoms with Gasteiger partial charge in [-0.1, -0.05) is 0 Å². The number of halogens is 1. The van der Waals surface area contributed by atoms with E-state index in [2.05, 4.69) is 11.9 Å². The summed E-state index contributed by atoms with van der Waals surface area (Å²) in [7, 11) is 2.12. The molecule has 0 amide bonds. The second-order valence-corrected chi connectivity index (χ2v) is 3.12. The van der Waals surface area contributed by atoms with Crippen molar-refractivity contribution in [2.75, 3.05) is 20.1 Å². The van der Waals surface area contributed by atoms with Gasteiger partial charge in [-0.25, -0.2) is 0 Å². The topological polar surface area (TPSA) is 3.24 Å². The van der Waals surface area contributed by atoms with Crippen LogP contribution >= 0.6 is 11.6 Å². The van der Waals surface area contributed by atoms with E-state index in [0.717, 1.165) is 6.54 Å². The van der Waals surface area contributed by atoms with E-state index in [1.807, 2.05) is 0 Å². The van der Waals surface area contributed by atoms with Crippen LogP contribution in [0.25, 0.3) is 0 Å². The van der Waals surface area contributed by atoms with Crippen LogP contribution in [0.5, 0.6) is 0 Å². The van der Waals surface area contributed by atoms with E-state index in [0.29, 0.717) is 5.38 Å². The Morgan fingerprint density at radius 2 is 2.38 bits per heavy atom. The molecular weight excluding hydrogens is 122 g/mol. The van der Waals surface area contributed by atoms with Gasteiger partial charge in [0.1, 0.15) is 0 Å². The van der Waals surface area contributed by atoms with Gasteiger partial charge in [-0.15, -0.1) is 11.6 Å². The summed E-state index contributed by atoms with van der Waals surface area (Å²) < 4.78 is 0. The van der Waals surface area contributed by atoms with Crippen LogP contribution in [-0.2, 0) is 0 Å². The number of nitrogens with zero attached hydrogens (tertiary/aromatic N) is 1. The lowest BCUT2D eigenvalue weighted by atomic mass is 10.1. The van der Waals surface area contributed by atoms with E-state index in [1.54, 1.807) is 0 Å². The standard InChI is InChI=1S/C6H12ClN/c1-8-4-2-3-6(7)5-8/h6H,2-5H2,1H3/t6-/m0/s1. The first-order valence-electron chi connectivity index (χ1n) is 3.11. The molecule has 0 aromatic heterocycles. The normalized spacial score (nSPS) is 33.0. The summed E-state index contributed by atoms with van der Waals surface area (Å²) in [5.41, 5.74) is 0. The van der Waals surface area contributed by atoms with Crippen molar-refractivity contribution in [2.45, 2.75) is 18.2 Å². The maximum Gasteiger partial charge on any atom is 0.0463 e. The lowest BCUT2D eigenvalue weighted by Crippen LogP contribution is -2.32. The van der Waals surface area contributed by atoms with Crippen LogP contribution in [0.2, 0.25) is 0 Å². The van der Waals surface area contributed by atoms with E-state index in [9.17, 15) is 0 Å². The molecule has 0 unspecified atom stereocenters. The number of piperidine rings is 1. The molecule has 1 nitrogen and oxygen atoms in total. The second kappa shape index (κ2) is 2.70. The minimum Gasteiger partial charge on any atom is -0.305 e. The maximum atomic E-state index is 5.87. The van der Waals surface area contributed by atoms with Crippen molar-refractivity contribution >= 4 is 11.6 Å². The molecule has 0 aliphatic carbocycles. The fraction of sp³-hybridized carbons (Fsp3) is 1.00. The van der Waals surface area contributed by atoms with Gasteiger partial charge in [-0.2, -0.15) is 0 Å². The Labute approximate surface area is 55.6 Å². The third-order valence-electron chi connectivity index (χ3n) is 1.57. The molecule has 1 fully saturated rings. The summed E-state index contributed by atoms with van der Waals surface area (Å²) in [6.45, 7) is 2.30. The second-order valence-electron chi connectivity index (χ2n) is 2.50. The average Bonchev–Trinajstić information content (AvgIpc) is 1.64. The molecule has 1 aliphatic rings. The summed E-state index contributed by atoms with van der Waals surface area (Å²) in [5, 5.41) is 0.411. The van der Waals surface area contributed by atoms with Crippen LogP contribution in [0.15, 0.2) is 0 Å². The summed E-state index contributed by atoms with van der Waals surface area (Å²) in [5.74, 6) is 0. The largest absolute Gasteiger partial charge is 0.305 e. The Hall–Kier alpha value is 0.250. The molecule has 48 valence electrons. The van der Waals surface area contributed by atoms with Crippen LogP contribution < -0.4 is 0 Å². The Kier molecular flexibility index (Phi) is 2.15. The first-order chi connectivity index (χ1) is 3.79. The molecule has 2 heteroatoms. The molecule has 1 heterocycles. The highest BCUT2D eigenvalue weighted by atomic mass is 35.5. The van der Waals surface area contributed by atoms with Gasteiger partial charge < -0.3 is 4.90 Å². The fourth-order valence-corrected chi connectivity index (χ4v) is 1.49. The van der Waals surface area contributed by atoms with Crippen molar-refractivity contribution < 1.29 is 0 Å². The van der Waals surface area contributed by atoms with Crippen molar-refractivity contribution in [1.82, 2.24) is 4.90 Å². The van der Waals surface area contributed by atoms with E-state index in [4.69, 9.17) is 11.6 Å². The molecule has 1 rings (SSSR count). The van der Waals surface area contributed by atoms with Gasteiger partial charge in [0.2, 0.25) is 0 Å². The number of rotatable bonds is 0. The average molecular weight is 134 g/mol. The minimum absolute atomic E-state index is 0.411. The van der Waals surface area contributed by atoms with Crippen molar-refractivity contribution in [3.8, 4) is 0 Å². The number of hydrogen-bond acceptors (Lipinski definition) is 1. The highest BCUT2D eigenvalue weighted by Crippen LogP contribution is 2.12. The Morgan fingerprint density at radius 3 is 2.75 bits per heavy atom. The molecule has 0 aromatic carbocycles. The van der Waals surface area contributed by atoms with E-state index in [1.165, 1.54) is 19.4 Å². The highest BCUT2D eigenvalue weighted by molar-refractivity contribution is 6.20. The quantitative estimate of drug-likeness (QED) is 0.451. The van der Waals surface area contributed by atoms with Gasteiger partial charge in [0.05, 0.1) is 0 Å². The summed E-state index contributed by atoms with van der Waals surface area (Å²) in [6, 6.07) is 0. The molecule has 1 aliphatic heterocycles. The molecule has 8 heavy (non-hydrogen) atoms. The fourth-order valence-electron chi connectivity index (χ4n) is 1.10. The maximum absolute atomic E-state index is 5.87. The SMILES string of the molecule is CN1CCC[C@H](Cl)C1.